The van der Waals surface area contributed by atoms with Crippen LogP contribution in [0.15, 0.2) is 54.6 Å². The Kier molecular flexibility index (Phi) is 6.19. The number of benzene rings is 2. The maximum atomic E-state index is 5.87. The standard InChI is InChI=1S/C13H10O2S.2ClH.Ru/c1-11-7-5-6-10-13(11)15-16-14-12-8-3-2-4-9-12;;;/h1-10H;2*1H;/q;;;+2/p-2. The molecule has 0 saturated carbocycles. The van der Waals surface area contributed by atoms with E-state index in [1.54, 1.807) is 0 Å². The molecule has 19 heavy (non-hydrogen) atoms. The van der Waals surface area contributed by atoms with Crippen molar-refractivity contribution in [3.05, 3.63) is 60.2 Å². The molecule has 102 valence electrons. The summed E-state index contributed by atoms with van der Waals surface area (Å²) < 4.78 is 12.7. The van der Waals surface area contributed by atoms with Crippen molar-refractivity contribution >= 4 is 36.3 Å². The molecule has 0 spiro atoms. The molecule has 0 bridgehead atoms. The Hall–Kier alpha value is -0.537. The van der Waals surface area contributed by atoms with Gasteiger partial charge in [-0.05, 0) is 0 Å². The topological polar surface area (TPSA) is 18.5 Å². The second-order valence-corrected chi connectivity index (χ2v) is 9.59. The third-order valence-corrected chi connectivity index (χ3v) is 4.44. The molecule has 0 radical (unpaired) electrons. The quantitative estimate of drug-likeness (QED) is 0.530. The predicted molar refractivity (Wildman–Crippen MR) is 78.6 cm³/mol. The predicted octanol–water partition coefficient (Wildman–Crippen LogP) is 4.78. The Morgan fingerprint density at radius 2 is 1.58 bits per heavy atom. The van der Waals surface area contributed by atoms with Crippen molar-refractivity contribution in [2.75, 3.05) is 0 Å². The van der Waals surface area contributed by atoms with Crippen LogP contribution in [0, 0.1) is 0 Å². The van der Waals surface area contributed by atoms with Crippen LogP contribution >= 0.6 is 31.7 Å². The van der Waals surface area contributed by atoms with Crippen LogP contribution in [0.25, 0.3) is 0 Å². The first kappa shape index (κ1) is 14.9. The van der Waals surface area contributed by atoms with E-state index in [0.29, 0.717) is 5.75 Å². The molecule has 0 heterocycles. The monoisotopic (exact) mass is 402 g/mol. The normalized spacial score (nSPS) is 10.7. The Balaban J connectivity index is 1.98. The zero-order valence-corrected chi connectivity index (χ0v) is 13.7. The van der Waals surface area contributed by atoms with Crippen molar-refractivity contribution in [2.24, 2.45) is 0 Å². The molecule has 0 N–H and O–H groups in total. The molecular weight excluding hydrogens is 392 g/mol. The van der Waals surface area contributed by atoms with Gasteiger partial charge < -0.3 is 0 Å². The summed E-state index contributed by atoms with van der Waals surface area (Å²) in [6.07, 6.45) is 0. The Bertz CT molecular complexity index is 560. The maximum absolute atomic E-state index is 5.87. The van der Waals surface area contributed by atoms with E-state index in [4.69, 9.17) is 27.7 Å². The van der Waals surface area contributed by atoms with E-state index in [1.807, 2.05) is 59.2 Å². The summed E-state index contributed by atoms with van der Waals surface area (Å²) in [6.45, 7) is 0. The molecule has 6 heteroatoms. The Morgan fingerprint density at radius 3 is 2.32 bits per heavy atom. The SMILES string of the molecule is [Cl][Ru]([Cl])=[CH]c1ccccc1OSOc1ccccc1. The fraction of sp³-hybridized carbons (Fsp3) is 0. The van der Waals surface area contributed by atoms with Crippen LogP contribution in [0.5, 0.6) is 11.5 Å². The van der Waals surface area contributed by atoms with E-state index in [1.165, 1.54) is 0 Å². The zero-order valence-electron chi connectivity index (χ0n) is 9.61. The van der Waals surface area contributed by atoms with Crippen LogP contribution in [0.4, 0.5) is 0 Å². The van der Waals surface area contributed by atoms with Crippen molar-refractivity contribution < 1.29 is 21.9 Å². The molecular formula is C13H10Cl2O2RuS. The summed E-state index contributed by atoms with van der Waals surface area (Å²) >= 11 is -0.959. The molecule has 0 aliphatic carbocycles. The van der Waals surface area contributed by atoms with Crippen LogP contribution in [0.2, 0.25) is 0 Å². The van der Waals surface area contributed by atoms with Gasteiger partial charge in [0.2, 0.25) is 0 Å². The zero-order chi connectivity index (χ0) is 13.5. The van der Waals surface area contributed by atoms with Crippen molar-refractivity contribution in [1.82, 2.24) is 0 Å². The first-order valence-corrected chi connectivity index (χ1v) is 11.4. The van der Waals surface area contributed by atoms with Crippen LogP contribution in [0.1, 0.15) is 5.56 Å². The molecule has 0 atom stereocenters. The second kappa shape index (κ2) is 7.91. The molecule has 0 fully saturated rings. The average molecular weight is 402 g/mol. The van der Waals surface area contributed by atoms with Gasteiger partial charge in [0.05, 0.1) is 0 Å². The summed E-state index contributed by atoms with van der Waals surface area (Å²) in [5.41, 5.74) is 0.885. The minimum absolute atomic E-state index is 0.684. The first-order valence-electron chi connectivity index (χ1n) is 5.24. The van der Waals surface area contributed by atoms with Crippen molar-refractivity contribution in [2.45, 2.75) is 0 Å². The Morgan fingerprint density at radius 1 is 0.895 bits per heavy atom. The average Bonchev–Trinajstić information content (AvgIpc) is 2.41. The van der Waals surface area contributed by atoms with Gasteiger partial charge in [-0.25, -0.2) is 0 Å². The molecule has 0 amide bonds. The van der Waals surface area contributed by atoms with Gasteiger partial charge in [-0.15, -0.1) is 0 Å². The first-order chi connectivity index (χ1) is 9.25. The van der Waals surface area contributed by atoms with Crippen LogP contribution in [0.3, 0.4) is 0 Å². The number of rotatable bonds is 5. The third-order valence-electron chi connectivity index (χ3n) is 2.10. The van der Waals surface area contributed by atoms with Crippen LogP contribution < -0.4 is 8.37 Å². The van der Waals surface area contributed by atoms with E-state index in [-0.39, 0.29) is 0 Å². The van der Waals surface area contributed by atoms with Gasteiger partial charge in [-0.1, -0.05) is 0 Å². The van der Waals surface area contributed by atoms with Gasteiger partial charge in [-0.3, -0.25) is 0 Å². The molecule has 2 aromatic rings. The molecule has 0 saturated heterocycles. The number of hydrogen-bond acceptors (Lipinski definition) is 3. The summed E-state index contributed by atoms with van der Waals surface area (Å²) in [5.74, 6) is 1.42. The van der Waals surface area contributed by atoms with Crippen LogP contribution in [-0.2, 0) is 13.5 Å². The van der Waals surface area contributed by atoms with Crippen molar-refractivity contribution in [1.29, 1.82) is 0 Å². The fourth-order valence-corrected chi connectivity index (χ4v) is 3.55. The van der Waals surface area contributed by atoms with E-state index >= 15 is 0 Å². The minimum atomic E-state index is -1.87. The second-order valence-electron chi connectivity index (χ2n) is 3.39. The molecule has 2 nitrogen and oxygen atoms in total. The molecule has 0 aliphatic heterocycles. The number of halogens is 2. The summed E-state index contributed by atoms with van der Waals surface area (Å²) in [5, 5.41) is 0. The van der Waals surface area contributed by atoms with Gasteiger partial charge in [0.25, 0.3) is 0 Å². The number of hydrogen-bond donors (Lipinski definition) is 0. The molecule has 0 aliphatic rings. The summed E-state index contributed by atoms with van der Waals surface area (Å²) in [4.78, 5) is 0. The van der Waals surface area contributed by atoms with Gasteiger partial charge in [0.1, 0.15) is 0 Å². The molecule has 0 aromatic heterocycles. The summed E-state index contributed by atoms with van der Waals surface area (Å²) in [6, 6.07) is 17.0. The van der Waals surface area contributed by atoms with E-state index in [9.17, 15) is 0 Å². The van der Waals surface area contributed by atoms with E-state index in [0.717, 1.165) is 23.6 Å². The van der Waals surface area contributed by atoms with Crippen molar-refractivity contribution in [3.8, 4) is 11.5 Å². The molecule has 0 unspecified atom stereocenters. The Labute approximate surface area is 129 Å². The van der Waals surface area contributed by atoms with Crippen LogP contribution in [-0.4, -0.2) is 4.61 Å². The summed E-state index contributed by atoms with van der Waals surface area (Å²) in [7, 11) is 11.7. The number of para-hydroxylation sites is 2. The fourth-order valence-electron chi connectivity index (χ4n) is 1.29. The van der Waals surface area contributed by atoms with E-state index in [2.05, 4.69) is 0 Å². The van der Waals surface area contributed by atoms with Gasteiger partial charge in [0, 0.05) is 0 Å². The van der Waals surface area contributed by atoms with Gasteiger partial charge >= 0.3 is 130 Å². The van der Waals surface area contributed by atoms with Gasteiger partial charge in [0.15, 0.2) is 0 Å². The molecule has 2 aromatic carbocycles. The van der Waals surface area contributed by atoms with E-state index < -0.39 is 13.5 Å². The van der Waals surface area contributed by atoms with Crippen molar-refractivity contribution in [3.63, 3.8) is 0 Å². The molecule has 2 rings (SSSR count). The van der Waals surface area contributed by atoms with Gasteiger partial charge in [-0.2, -0.15) is 0 Å². The third kappa shape index (κ3) is 5.15.